The smallest absolute Gasteiger partial charge is 0.319 e. The summed E-state index contributed by atoms with van der Waals surface area (Å²) in [6.45, 7) is 3.40. The van der Waals surface area contributed by atoms with Gasteiger partial charge in [-0.25, -0.2) is 13.2 Å². The first-order valence-electron chi connectivity index (χ1n) is 17.0. The van der Waals surface area contributed by atoms with Crippen molar-refractivity contribution >= 4 is 33.4 Å². The predicted molar refractivity (Wildman–Crippen MR) is 172 cm³/mol. The Kier molecular flexibility index (Phi) is 6.85. The van der Waals surface area contributed by atoms with Gasteiger partial charge in [-0.3, -0.25) is 14.7 Å². The molecule has 0 saturated carbocycles. The topological polar surface area (TPSA) is 74.7 Å². The van der Waals surface area contributed by atoms with Gasteiger partial charge in [0.15, 0.2) is 5.82 Å². The van der Waals surface area contributed by atoms with Crippen molar-refractivity contribution in [1.29, 1.82) is 0 Å². The lowest BCUT2D eigenvalue weighted by Crippen LogP contribution is -2.50. The fourth-order valence-corrected chi connectivity index (χ4v) is 9.24. The predicted octanol–water partition coefficient (Wildman–Crippen LogP) is 5.84. The number of benzene rings is 2. The molecule has 8 heterocycles. The summed E-state index contributed by atoms with van der Waals surface area (Å²) < 4.78 is 53.3. The highest BCUT2D eigenvalue weighted by Gasteiger charge is 2.49. The van der Waals surface area contributed by atoms with Crippen molar-refractivity contribution in [2.75, 3.05) is 44.2 Å². The summed E-state index contributed by atoms with van der Waals surface area (Å²) in [5.41, 5.74) is 0.663. The highest BCUT2D eigenvalue weighted by Crippen LogP contribution is 2.42. The number of hydrogen-bond donors (Lipinski definition) is 0. The molecule has 8 nitrogen and oxygen atoms in total. The van der Waals surface area contributed by atoms with Crippen LogP contribution in [0.25, 0.3) is 32.9 Å². The standard InChI is InChI=1S/C36H37F3N6O2/c37-23-16-36(12-3-13-44(36)18-23)20-47-35-41-33-26-17-40-32(31(33)39)25-6-1-4-22-8-9-27(38)24(30(22)25)5-2-7-29(46)45-15-11-21-10-14-43(19-28(21)45)34(26)42-35/h1,4,6,8-9,17,21,23,28H,2-3,5,7,10-16,18-20H2/t21-,23-,28-,36+/m1/s1. The number of hydrogen-bond acceptors (Lipinski definition) is 7. The van der Waals surface area contributed by atoms with Crippen LogP contribution in [0.1, 0.15) is 50.5 Å². The van der Waals surface area contributed by atoms with E-state index in [4.69, 9.17) is 9.72 Å². The van der Waals surface area contributed by atoms with E-state index >= 15 is 8.78 Å². The second kappa shape index (κ2) is 11.0. The van der Waals surface area contributed by atoms with Crippen LogP contribution in [-0.2, 0) is 11.2 Å². The number of rotatable bonds is 3. The Morgan fingerprint density at radius 3 is 2.81 bits per heavy atom. The maximum atomic E-state index is 16.9. The van der Waals surface area contributed by atoms with E-state index in [1.54, 1.807) is 18.3 Å². The van der Waals surface area contributed by atoms with E-state index in [0.29, 0.717) is 85.5 Å². The van der Waals surface area contributed by atoms with E-state index in [-0.39, 0.29) is 41.6 Å². The van der Waals surface area contributed by atoms with Gasteiger partial charge in [0.2, 0.25) is 5.91 Å². The van der Waals surface area contributed by atoms with Gasteiger partial charge in [-0.15, -0.1) is 0 Å². The number of nitrogens with zero attached hydrogens (tertiary/aromatic N) is 6. The number of ether oxygens (including phenoxy) is 1. The van der Waals surface area contributed by atoms with Crippen molar-refractivity contribution in [3.8, 4) is 17.3 Å². The third-order valence-electron chi connectivity index (χ3n) is 11.5. The van der Waals surface area contributed by atoms with Crippen molar-refractivity contribution in [1.82, 2.24) is 24.8 Å². The van der Waals surface area contributed by atoms with Crippen LogP contribution in [0.4, 0.5) is 19.0 Å². The summed E-state index contributed by atoms with van der Waals surface area (Å²) >= 11 is 0. The van der Waals surface area contributed by atoms with Crippen LogP contribution in [0, 0.1) is 17.6 Å². The Bertz CT molecular complexity index is 1920. The second-order valence-electron chi connectivity index (χ2n) is 14.1. The van der Waals surface area contributed by atoms with Crippen LogP contribution in [-0.4, -0.2) is 87.7 Å². The summed E-state index contributed by atoms with van der Waals surface area (Å²) in [6, 6.07) is 8.64. The van der Waals surface area contributed by atoms with Gasteiger partial charge in [-0.2, -0.15) is 9.97 Å². The van der Waals surface area contributed by atoms with Crippen molar-refractivity contribution in [2.45, 2.75) is 69.1 Å². The normalized spacial score (nSPS) is 27.5. The summed E-state index contributed by atoms with van der Waals surface area (Å²) in [4.78, 5) is 34.1. The third-order valence-corrected chi connectivity index (χ3v) is 11.5. The Morgan fingerprint density at radius 2 is 1.89 bits per heavy atom. The van der Waals surface area contributed by atoms with Crippen LogP contribution in [0.2, 0.25) is 0 Å². The molecule has 244 valence electrons. The van der Waals surface area contributed by atoms with Crippen LogP contribution >= 0.6 is 0 Å². The molecule has 2 aromatic heterocycles. The van der Waals surface area contributed by atoms with E-state index in [9.17, 15) is 9.18 Å². The number of alkyl halides is 1. The van der Waals surface area contributed by atoms with Gasteiger partial charge >= 0.3 is 6.01 Å². The number of carbonyl (C=O) groups is 1. The van der Waals surface area contributed by atoms with Gasteiger partial charge in [0, 0.05) is 50.8 Å². The van der Waals surface area contributed by atoms with Crippen LogP contribution < -0.4 is 9.64 Å². The minimum atomic E-state index is -0.904. The lowest BCUT2D eigenvalue weighted by molar-refractivity contribution is -0.132. The van der Waals surface area contributed by atoms with Gasteiger partial charge in [-0.1, -0.05) is 24.3 Å². The molecule has 1 amide bonds. The van der Waals surface area contributed by atoms with Crippen LogP contribution in [0.5, 0.6) is 6.01 Å². The summed E-state index contributed by atoms with van der Waals surface area (Å²) in [6.07, 6.45) is 5.88. The monoisotopic (exact) mass is 642 g/mol. The van der Waals surface area contributed by atoms with Crippen molar-refractivity contribution in [3.05, 3.63) is 53.7 Å². The fourth-order valence-electron chi connectivity index (χ4n) is 9.24. The Morgan fingerprint density at radius 1 is 1.00 bits per heavy atom. The number of aromatic nitrogens is 3. The van der Waals surface area contributed by atoms with Gasteiger partial charge in [0.25, 0.3) is 0 Å². The number of fused-ring (bicyclic) bond motifs is 5. The molecule has 4 fully saturated rings. The van der Waals surface area contributed by atoms with Gasteiger partial charge in [0.1, 0.15) is 35.6 Å². The zero-order chi connectivity index (χ0) is 31.9. The first-order chi connectivity index (χ1) is 22.9. The average molecular weight is 643 g/mol. The molecular weight excluding hydrogens is 605 g/mol. The Hall–Kier alpha value is -3.99. The first-order valence-corrected chi connectivity index (χ1v) is 17.0. The third kappa shape index (κ3) is 4.67. The van der Waals surface area contributed by atoms with Crippen LogP contribution in [0.3, 0.4) is 0 Å². The molecule has 2 aromatic carbocycles. The number of halogens is 3. The van der Waals surface area contributed by atoms with Gasteiger partial charge < -0.3 is 14.5 Å². The SMILES string of the molecule is O=C1CCCc2c(F)ccc3cccc(c23)-c2ncc3c(nc(OC[C@@]45CCCN4C[C@H](F)C5)nc3c2F)N2CC[C@@H]3CCN1[C@@H]3C2. The summed E-state index contributed by atoms with van der Waals surface area (Å²) in [5, 5.41) is 1.82. The molecule has 10 rings (SSSR count). The molecule has 6 bridgehead atoms. The average Bonchev–Trinajstić information content (AvgIpc) is 3.76. The second-order valence-corrected chi connectivity index (χ2v) is 14.1. The van der Waals surface area contributed by atoms with Crippen molar-refractivity contribution in [3.63, 3.8) is 0 Å². The molecule has 6 aliphatic heterocycles. The summed E-state index contributed by atoms with van der Waals surface area (Å²) in [5.74, 6) is -0.0205. The Labute approximate surface area is 270 Å². The molecule has 6 aliphatic rings. The van der Waals surface area contributed by atoms with E-state index < -0.39 is 17.5 Å². The maximum absolute atomic E-state index is 16.9. The molecule has 4 saturated heterocycles. The van der Waals surface area contributed by atoms with E-state index in [2.05, 4.69) is 19.8 Å². The van der Waals surface area contributed by atoms with E-state index in [1.165, 1.54) is 6.07 Å². The summed E-state index contributed by atoms with van der Waals surface area (Å²) in [7, 11) is 0. The first kappa shape index (κ1) is 29.2. The number of aryl methyl sites for hydroxylation is 1. The van der Waals surface area contributed by atoms with E-state index in [0.717, 1.165) is 37.6 Å². The number of amides is 1. The fraction of sp³-hybridized carbons (Fsp3) is 0.500. The number of pyridine rings is 1. The van der Waals surface area contributed by atoms with Crippen LogP contribution in [0.15, 0.2) is 36.5 Å². The molecule has 4 atom stereocenters. The molecule has 0 spiro atoms. The molecule has 11 heteroatoms. The van der Waals surface area contributed by atoms with Crippen molar-refractivity contribution < 1.29 is 22.7 Å². The van der Waals surface area contributed by atoms with E-state index in [1.807, 2.05) is 17.0 Å². The zero-order valence-corrected chi connectivity index (χ0v) is 26.2. The van der Waals surface area contributed by atoms with Gasteiger partial charge in [0.05, 0.1) is 17.0 Å². The number of anilines is 1. The van der Waals surface area contributed by atoms with Gasteiger partial charge in [-0.05, 0) is 73.4 Å². The highest BCUT2D eigenvalue weighted by atomic mass is 19.1. The minimum Gasteiger partial charge on any atom is -0.461 e. The number of piperidine rings is 1. The number of carbonyl (C=O) groups excluding carboxylic acids is 1. The zero-order valence-electron chi connectivity index (χ0n) is 26.2. The molecular formula is C36H37F3N6O2. The maximum Gasteiger partial charge on any atom is 0.319 e. The molecule has 0 radical (unpaired) electrons. The lowest BCUT2D eigenvalue weighted by atomic mass is 9.91. The quantitative estimate of drug-likeness (QED) is 0.278. The molecule has 4 aromatic rings. The Balaban J connectivity index is 1.22. The largest absolute Gasteiger partial charge is 0.461 e. The molecule has 0 aliphatic carbocycles. The lowest BCUT2D eigenvalue weighted by Gasteiger charge is -2.39. The molecule has 47 heavy (non-hydrogen) atoms. The minimum absolute atomic E-state index is 0.00225. The molecule has 0 unspecified atom stereocenters. The molecule has 0 N–H and O–H groups in total. The van der Waals surface area contributed by atoms with Crippen molar-refractivity contribution in [2.24, 2.45) is 5.92 Å². The highest BCUT2D eigenvalue weighted by molar-refractivity contribution is 6.01.